The van der Waals surface area contributed by atoms with E-state index in [0.717, 1.165) is 11.3 Å². The molecule has 0 aliphatic rings. The number of hydrogen-bond donors (Lipinski definition) is 2. The monoisotopic (exact) mass is 412 g/mol. The van der Waals surface area contributed by atoms with Crippen LogP contribution in [0.4, 0.5) is 0 Å². The van der Waals surface area contributed by atoms with Crippen molar-refractivity contribution >= 4 is 12.1 Å². The normalized spacial score (nSPS) is 10.9. The van der Waals surface area contributed by atoms with Gasteiger partial charge in [0.25, 0.3) is 5.91 Å². The maximum Gasteiger partial charge on any atom is 0.275 e. The van der Waals surface area contributed by atoms with Crippen LogP contribution in [0.25, 0.3) is 16.9 Å². The summed E-state index contributed by atoms with van der Waals surface area (Å²) in [6, 6.07) is 23.9. The van der Waals surface area contributed by atoms with E-state index in [1.807, 2.05) is 60.7 Å². The zero-order valence-electron chi connectivity index (χ0n) is 16.8. The molecule has 154 valence electrons. The van der Waals surface area contributed by atoms with E-state index in [0.29, 0.717) is 22.6 Å². The first kappa shape index (κ1) is 19.9. The van der Waals surface area contributed by atoms with Crippen molar-refractivity contribution in [2.45, 2.75) is 0 Å². The van der Waals surface area contributed by atoms with Gasteiger partial charge in [-0.25, -0.2) is 10.1 Å². The minimum Gasteiger partial charge on any atom is -0.504 e. The van der Waals surface area contributed by atoms with Crippen LogP contribution in [0.15, 0.2) is 90.2 Å². The second-order valence-corrected chi connectivity index (χ2v) is 6.67. The Hall–Kier alpha value is -4.39. The fourth-order valence-electron chi connectivity index (χ4n) is 3.06. The highest BCUT2D eigenvalue weighted by molar-refractivity contribution is 6.00. The summed E-state index contributed by atoms with van der Waals surface area (Å²) in [7, 11) is 1.47. The van der Waals surface area contributed by atoms with Crippen molar-refractivity contribution in [1.29, 1.82) is 0 Å². The Labute approximate surface area is 179 Å². The van der Waals surface area contributed by atoms with Gasteiger partial charge in [-0.3, -0.25) is 4.79 Å². The molecule has 0 saturated carbocycles. The lowest BCUT2D eigenvalue weighted by Gasteiger charge is -2.04. The quantitative estimate of drug-likeness (QED) is 0.370. The Bertz CT molecular complexity index is 1220. The minimum atomic E-state index is -0.386. The summed E-state index contributed by atoms with van der Waals surface area (Å²) < 4.78 is 6.75. The lowest BCUT2D eigenvalue weighted by molar-refractivity contribution is 0.0955. The molecule has 0 saturated heterocycles. The first-order valence-corrected chi connectivity index (χ1v) is 9.56. The Balaban J connectivity index is 1.61. The van der Waals surface area contributed by atoms with Crippen molar-refractivity contribution in [2.24, 2.45) is 5.10 Å². The highest BCUT2D eigenvalue weighted by Crippen LogP contribution is 2.26. The van der Waals surface area contributed by atoms with Gasteiger partial charge in [-0.1, -0.05) is 48.5 Å². The largest absolute Gasteiger partial charge is 0.504 e. The van der Waals surface area contributed by atoms with Crippen LogP contribution in [0, 0.1) is 0 Å². The van der Waals surface area contributed by atoms with E-state index < -0.39 is 0 Å². The van der Waals surface area contributed by atoms with Crippen LogP contribution < -0.4 is 10.2 Å². The molecule has 0 spiro atoms. The molecule has 0 aliphatic carbocycles. The fourth-order valence-corrected chi connectivity index (χ4v) is 3.06. The van der Waals surface area contributed by atoms with E-state index in [2.05, 4.69) is 15.6 Å². The van der Waals surface area contributed by atoms with Crippen LogP contribution in [0.5, 0.6) is 11.5 Å². The third-order valence-electron chi connectivity index (χ3n) is 4.61. The second-order valence-electron chi connectivity index (χ2n) is 6.67. The third-order valence-corrected chi connectivity index (χ3v) is 4.61. The molecule has 1 aromatic heterocycles. The molecule has 7 heteroatoms. The molecule has 0 radical (unpaired) electrons. The zero-order chi connectivity index (χ0) is 21.6. The maximum atomic E-state index is 12.9. The number of nitrogens with zero attached hydrogens (tertiary/aromatic N) is 3. The molecular weight excluding hydrogens is 392 g/mol. The number of carbonyl (C=O) groups is 1. The number of methoxy groups -OCH3 is 1. The van der Waals surface area contributed by atoms with Gasteiger partial charge in [-0.15, -0.1) is 0 Å². The van der Waals surface area contributed by atoms with Crippen LogP contribution >= 0.6 is 0 Å². The van der Waals surface area contributed by atoms with Gasteiger partial charge < -0.3 is 9.84 Å². The molecule has 0 atom stereocenters. The number of benzene rings is 3. The third kappa shape index (κ3) is 4.45. The van der Waals surface area contributed by atoms with Crippen LogP contribution in [0.3, 0.4) is 0 Å². The Morgan fingerprint density at radius 3 is 2.48 bits per heavy atom. The summed E-state index contributed by atoms with van der Waals surface area (Å²) in [4.78, 5) is 12.9. The summed E-state index contributed by atoms with van der Waals surface area (Å²) >= 11 is 0. The average molecular weight is 412 g/mol. The van der Waals surface area contributed by atoms with Crippen LogP contribution in [0.2, 0.25) is 0 Å². The van der Waals surface area contributed by atoms with Gasteiger partial charge in [-0.05, 0) is 35.9 Å². The first-order chi connectivity index (χ1) is 15.2. The Kier molecular flexibility index (Phi) is 5.75. The van der Waals surface area contributed by atoms with Gasteiger partial charge in [-0.2, -0.15) is 10.2 Å². The van der Waals surface area contributed by atoms with Crippen molar-refractivity contribution in [3.8, 4) is 28.4 Å². The number of hydrogen-bond acceptors (Lipinski definition) is 5. The summed E-state index contributed by atoms with van der Waals surface area (Å²) in [5.74, 6) is -0.0293. The SMILES string of the molecule is COc1cc(/C=N/NC(=O)c2cn(-c3ccccc3)nc2-c2ccccc2)ccc1O. The van der Waals surface area contributed by atoms with Crippen molar-refractivity contribution in [1.82, 2.24) is 15.2 Å². The first-order valence-electron chi connectivity index (χ1n) is 9.56. The number of phenols is 1. The minimum absolute atomic E-state index is 0.0320. The summed E-state index contributed by atoms with van der Waals surface area (Å²) in [6.45, 7) is 0. The number of phenolic OH excluding ortho intramolecular Hbond substituents is 1. The lowest BCUT2D eigenvalue weighted by atomic mass is 10.1. The Morgan fingerprint density at radius 1 is 1.06 bits per heavy atom. The number of nitrogens with one attached hydrogen (secondary N) is 1. The number of carbonyl (C=O) groups excluding carboxylic acids is 1. The van der Waals surface area contributed by atoms with Crippen molar-refractivity contribution < 1.29 is 14.6 Å². The molecule has 0 unspecified atom stereocenters. The Morgan fingerprint density at radius 2 is 1.77 bits per heavy atom. The standard InChI is InChI=1S/C24H20N4O3/c1-31-22-14-17(12-13-21(22)29)15-25-26-24(30)20-16-28(19-10-6-3-7-11-19)27-23(20)18-8-4-2-5-9-18/h2-16,29H,1H3,(H,26,30)/b25-15+. The second kappa shape index (κ2) is 8.96. The number of hydrazone groups is 1. The van der Waals surface area contributed by atoms with Crippen LogP contribution in [-0.4, -0.2) is 34.1 Å². The van der Waals surface area contributed by atoms with Gasteiger partial charge in [0.2, 0.25) is 0 Å². The fraction of sp³-hybridized carbons (Fsp3) is 0.0417. The number of rotatable bonds is 6. The van der Waals surface area contributed by atoms with Crippen LogP contribution in [-0.2, 0) is 0 Å². The molecule has 4 aromatic rings. The maximum absolute atomic E-state index is 12.9. The van der Waals surface area contributed by atoms with Gasteiger partial charge >= 0.3 is 0 Å². The summed E-state index contributed by atoms with van der Waals surface area (Å²) in [5, 5.41) is 18.4. The summed E-state index contributed by atoms with van der Waals surface area (Å²) in [5.41, 5.74) is 5.84. The molecule has 1 amide bonds. The number of aromatic hydroxyl groups is 1. The molecule has 2 N–H and O–H groups in total. The zero-order valence-corrected chi connectivity index (χ0v) is 16.8. The van der Waals surface area contributed by atoms with E-state index in [1.165, 1.54) is 19.4 Å². The lowest BCUT2D eigenvalue weighted by Crippen LogP contribution is -2.18. The van der Waals surface area contributed by atoms with Gasteiger partial charge in [0.1, 0.15) is 5.69 Å². The number of aromatic nitrogens is 2. The summed E-state index contributed by atoms with van der Waals surface area (Å²) in [6.07, 6.45) is 3.16. The molecular formula is C24H20N4O3. The topological polar surface area (TPSA) is 88.7 Å². The molecule has 7 nitrogen and oxygen atoms in total. The number of ether oxygens (including phenoxy) is 1. The van der Waals surface area contributed by atoms with E-state index >= 15 is 0 Å². The van der Waals surface area contributed by atoms with E-state index in [-0.39, 0.29) is 11.7 Å². The van der Waals surface area contributed by atoms with Crippen molar-refractivity contribution in [3.05, 3.63) is 96.2 Å². The van der Waals surface area contributed by atoms with Gasteiger partial charge in [0, 0.05) is 11.8 Å². The average Bonchev–Trinajstić information content (AvgIpc) is 3.27. The molecule has 0 aliphatic heterocycles. The number of amides is 1. The highest BCUT2D eigenvalue weighted by atomic mass is 16.5. The van der Waals surface area contributed by atoms with E-state index in [4.69, 9.17) is 4.74 Å². The predicted molar refractivity (Wildman–Crippen MR) is 119 cm³/mol. The molecule has 1 heterocycles. The molecule has 0 bridgehead atoms. The van der Waals surface area contributed by atoms with Gasteiger partial charge in [0.05, 0.1) is 24.6 Å². The smallest absolute Gasteiger partial charge is 0.275 e. The molecule has 4 rings (SSSR count). The van der Waals surface area contributed by atoms with E-state index in [1.54, 1.807) is 23.0 Å². The van der Waals surface area contributed by atoms with Crippen molar-refractivity contribution in [2.75, 3.05) is 7.11 Å². The molecule has 0 fully saturated rings. The van der Waals surface area contributed by atoms with Crippen molar-refractivity contribution in [3.63, 3.8) is 0 Å². The van der Waals surface area contributed by atoms with Crippen LogP contribution in [0.1, 0.15) is 15.9 Å². The molecule has 3 aromatic carbocycles. The van der Waals surface area contributed by atoms with Gasteiger partial charge in [0.15, 0.2) is 11.5 Å². The number of para-hydroxylation sites is 1. The molecule has 31 heavy (non-hydrogen) atoms. The highest BCUT2D eigenvalue weighted by Gasteiger charge is 2.18. The predicted octanol–water partition coefficient (Wildman–Crippen LogP) is 4.02. The van der Waals surface area contributed by atoms with E-state index in [9.17, 15) is 9.90 Å².